The fourth-order valence-electron chi connectivity index (χ4n) is 1.99. The van der Waals surface area contributed by atoms with E-state index < -0.39 is 47.1 Å². The van der Waals surface area contributed by atoms with Crippen molar-refractivity contribution in [2.75, 3.05) is 6.54 Å². The van der Waals surface area contributed by atoms with Crippen molar-refractivity contribution in [1.82, 2.24) is 10.6 Å². The minimum absolute atomic E-state index is 0.101. The zero-order chi connectivity index (χ0) is 18.3. The van der Waals surface area contributed by atoms with E-state index in [1.807, 2.05) is 0 Å². The summed E-state index contributed by atoms with van der Waals surface area (Å²) in [6, 6.07) is -1.26. The van der Waals surface area contributed by atoms with E-state index >= 15 is 0 Å². The molecule has 1 aliphatic rings. The summed E-state index contributed by atoms with van der Waals surface area (Å²) < 4.78 is 2.60. The van der Waals surface area contributed by atoms with Crippen LogP contribution < -0.4 is 10.6 Å². The fourth-order valence-corrected chi connectivity index (χ4v) is 2.78. The number of carbonyl (C=O) groups excluding carboxylic acids is 2. The number of nitrogens with one attached hydrogen (secondary N) is 2. The van der Waals surface area contributed by atoms with E-state index in [0.29, 0.717) is 11.9 Å². The highest BCUT2D eigenvalue weighted by Crippen LogP contribution is 2.46. The molecule has 1 fully saturated rings. The van der Waals surface area contributed by atoms with E-state index in [-0.39, 0.29) is 19.3 Å². The van der Waals surface area contributed by atoms with Gasteiger partial charge in [0.1, 0.15) is 12.1 Å². The summed E-state index contributed by atoms with van der Waals surface area (Å²) in [4.78, 5) is 58.7. The van der Waals surface area contributed by atoms with Gasteiger partial charge in [0.25, 0.3) is 6.57 Å². The van der Waals surface area contributed by atoms with Crippen LogP contribution in [0.1, 0.15) is 19.3 Å². The third-order valence-corrected chi connectivity index (χ3v) is 4.25. The van der Waals surface area contributed by atoms with Gasteiger partial charge in [0.2, 0.25) is 11.8 Å². The summed E-state index contributed by atoms with van der Waals surface area (Å²) in [7, 11) is 0. The lowest BCUT2D eigenvalue weighted by molar-refractivity contribution is -0.138. The molecule has 0 aliphatic heterocycles. The van der Waals surface area contributed by atoms with Crippen molar-refractivity contribution in [3.8, 4) is 6.57 Å². The summed E-state index contributed by atoms with van der Waals surface area (Å²) >= 11 is 0.556. The van der Waals surface area contributed by atoms with Gasteiger partial charge in [-0.15, -0.1) is 4.91 Å². The van der Waals surface area contributed by atoms with Crippen LogP contribution in [0.3, 0.4) is 0 Å². The molecule has 1 aliphatic carbocycles. The fraction of sp³-hybridized carbons (Fsp3) is 0.583. The summed E-state index contributed by atoms with van der Waals surface area (Å²) in [5.41, 5.74) is -1.44. The minimum Gasteiger partial charge on any atom is -0.480 e. The van der Waals surface area contributed by atoms with Crippen molar-refractivity contribution in [3.63, 3.8) is 0 Å². The largest absolute Gasteiger partial charge is 0.480 e. The van der Waals surface area contributed by atoms with E-state index in [9.17, 15) is 24.1 Å². The summed E-state index contributed by atoms with van der Waals surface area (Å²) in [5.74, 6) is -3.96. The van der Waals surface area contributed by atoms with Crippen molar-refractivity contribution >= 4 is 35.7 Å². The van der Waals surface area contributed by atoms with Gasteiger partial charge >= 0.3 is 18.0 Å². The number of amides is 2. The number of aliphatic carboxylic acids is 2. The number of carbonyl (C=O) groups is 4. The molecule has 0 saturated heterocycles. The maximum Gasteiger partial charge on any atom is 0.392 e. The van der Waals surface area contributed by atoms with Crippen LogP contribution in [0.4, 0.5) is 0 Å². The van der Waals surface area contributed by atoms with E-state index in [2.05, 4.69) is 20.1 Å². The zero-order valence-electron chi connectivity index (χ0n) is 12.3. The lowest BCUT2D eigenvalue weighted by atomic mass is 10.1. The Morgan fingerprint density at radius 1 is 1.38 bits per heavy atom. The molecule has 0 aromatic carbocycles. The van der Waals surface area contributed by atoms with Crippen molar-refractivity contribution in [1.29, 1.82) is 0 Å². The Balaban J connectivity index is 2.67. The quantitative estimate of drug-likeness (QED) is 0.297. The Hall–Kier alpha value is -2.68. The van der Waals surface area contributed by atoms with Crippen LogP contribution in [-0.2, 0) is 19.2 Å². The highest BCUT2D eigenvalue weighted by molar-refractivity contribution is 7.99. The average molecular weight is 359 g/mol. The topological polar surface area (TPSA) is 167 Å². The van der Waals surface area contributed by atoms with Crippen molar-refractivity contribution in [2.45, 2.75) is 36.1 Å². The Bertz CT molecular complexity index is 605. The van der Waals surface area contributed by atoms with Crippen molar-refractivity contribution in [2.24, 2.45) is 4.58 Å². The Kier molecular flexibility index (Phi) is 6.66. The van der Waals surface area contributed by atoms with Crippen LogP contribution in [0.25, 0.3) is 4.85 Å². The molecule has 1 unspecified atom stereocenters. The molecular formula is C12H15N4O7S+. The van der Waals surface area contributed by atoms with Gasteiger partial charge in [-0.1, -0.05) is 4.85 Å². The molecule has 2 amide bonds. The molecule has 0 aromatic rings. The zero-order valence-corrected chi connectivity index (χ0v) is 13.1. The first-order valence-corrected chi connectivity index (χ1v) is 7.53. The lowest BCUT2D eigenvalue weighted by Gasteiger charge is -2.17. The van der Waals surface area contributed by atoms with Gasteiger partial charge in [0.05, 0.1) is 5.25 Å². The SMILES string of the molecule is C#[N+][C@@H](CCC(=O)NC1(C(=O)NCC(=O)O)C[C@H]1SN=O)C(=O)O. The minimum atomic E-state index is -1.44. The number of hydrogen-bond donors (Lipinski definition) is 4. The number of rotatable bonds is 10. The second kappa shape index (κ2) is 8.25. The molecule has 4 N–H and O–H groups in total. The molecular weight excluding hydrogens is 344 g/mol. The van der Waals surface area contributed by atoms with Crippen LogP contribution >= 0.6 is 11.9 Å². The normalized spacial score (nSPS) is 22.5. The molecule has 0 aromatic heterocycles. The van der Waals surface area contributed by atoms with Gasteiger partial charge < -0.3 is 20.8 Å². The van der Waals surface area contributed by atoms with Crippen LogP contribution in [0.15, 0.2) is 4.58 Å². The predicted octanol–water partition coefficient (Wildman–Crippen LogP) is -0.575. The molecule has 0 bridgehead atoms. The first-order valence-electron chi connectivity index (χ1n) is 6.69. The van der Waals surface area contributed by atoms with Crippen LogP contribution in [-0.4, -0.2) is 57.3 Å². The molecule has 12 heteroatoms. The number of carboxylic acids is 2. The summed E-state index contributed by atoms with van der Waals surface area (Å²) in [6.07, 6.45) is -0.337. The highest BCUT2D eigenvalue weighted by atomic mass is 32.2. The predicted molar refractivity (Wildman–Crippen MR) is 82.3 cm³/mol. The number of nitroso groups, excluding NO2 is 1. The molecule has 0 heterocycles. The molecule has 1 rings (SSSR count). The molecule has 3 atom stereocenters. The third kappa shape index (κ3) is 4.92. The third-order valence-electron chi connectivity index (χ3n) is 3.34. The van der Waals surface area contributed by atoms with Crippen molar-refractivity contribution in [3.05, 3.63) is 9.75 Å². The number of hydrogen-bond acceptors (Lipinski definition) is 7. The Labute approximate surface area is 140 Å². The van der Waals surface area contributed by atoms with Gasteiger partial charge in [-0.3, -0.25) is 14.4 Å². The number of nitrogens with zero attached hydrogens (tertiary/aromatic N) is 2. The molecule has 0 radical (unpaired) electrons. The van der Waals surface area contributed by atoms with Gasteiger partial charge in [0.15, 0.2) is 0 Å². The van der Waals surface area contributed by atoms with E-state index in [1.54, 1.807) is 0 Å². The maximum atomic E-state index is 12.1. The van der Waals surface area contributed by atoms with Crippen molar-refractivity contribution < 1.29 is 29.4 Å². The average Bonchev–Trinajstić information content (AvgIpc) is 3.19. The summed E-state index contributed by atoms with van der Waals surface area (Å²) in [6.45, 7) is 4.28. The van der Waals surface area contributed by atoms with E-state index in [1.165, 1.54) is 0 Å². The molecule has 11 nitrogen and oxygen atoms in total. The van der Waals surface area contributed by atoms with Gasteiger partial charge in [-0.25, -0.2) is 4.79 Å². The maximum absolute atomic E-state index is 12.1. The molecule has 24 heavy (non-hydrogen) atoms. The first-order chi connectivity index (χ1) is 11.3. The van der Waals surface area contributed by atoms with Gasteiger partial charge in [-0.05, 0) is 6.42 Å². The van der Waals surface area contributed by atoms with Crippen LogP contribution in [0, 0.1) is 11.5 Å². The summed E-state index contributed by atoms with van der Waals surface area (Å²) in [5, 5.41) is 21.3. The van der Waals surface area contributed by atoms with E-state index in [0.717, 1.165) is 0 Å². The number of carboxylic acid groups (broad SMARTS) is 2. The van der Waals surface area contributed by atoms with Crippen LogP contribution in [0.2, 0.25) is 0 Å². The second-order valence-electron chi connectivity index (χ2n) is 5.01. The Morgan fingerprint density at radius 3 is 2.54 bits per heavy atom. The molecule has 1 saturated carbocycles. The Morgan fingerprint density at radius 2 is 2.04 bits per heavy atom. The molecule has 0 spiro atoms. The lowest BCUT2D eigenvalue weighted by Crippen LogP contribution is -2.52. The van der Waals surface area contributed by atoms with E-state index in [4.69, 9.17) is 16.8 Å². The second-order valence-corrected chi connectivity index (χ2v) is 5.94. The first kappa shape index (κ1) is 19.4. The smallest absolute Gasteiger partial charge is 0.392 e. The highest BCUT2D eigenvalue weighted by Gasteiger charge is 2.62. The monoisotopic (exact) mass is 359 g/mol. The van der Waals surface area contributed by atoms with Crippen LogP contribution in [0.5, 0.6) is 0 Å². The molecule has 130 valence electrons. The standard InChI is InChI=1S/C12H14N4O7S/c1-13-6(10(20)21)2-3-8(17)15-12(4-7(12)24-16-23)11(22)14-5-9(18)19/h1,6-7H,2-5H2,(H3-,14,15,17,18,19,20,21,22)/p+1/t6-,7+,12?/m0/s1. The van der Waals surface area contributed by atoms with Gasteiger partial charge in [0, 0.05) is 29.4 Å². The van der Waals surface area contributed by atoms with Gasteiger partial charge in [-0.2, -0.15) is 0 Å².